The van der Waals surface area contributed by atoms with E-state index in [-0.39, 0.29) is 23.4 Å². The van der Waals surface area contributed by atoms with E-state index in [2.05, 4.69) is 44.5 Å². The molecule has 8 rings (SSSR count). The van der Waals surface area contributed by atoms with Crippen molar-refractivity contribution in [3.63, 3.8) is 0 Å². The van der Waals surface area contributed by atoms with E-state index in [0.717, 1.165) is 57.9 Å². The summed E-state index contributed by atoms with van der Waals surface area (Å²) in [4.78, 5) is 21.9. The smallest absolute Gasteiger partial charge is 0.252 e. The Morgan fingerprint density at radius 1 is 1.05 bits per heavy atom. The van der Waals surface area contributed by atoms with Gasteiger partial charge >= 0.3 is 0 Å². The molecule has 0 amide bonds. The van der Waals surface area contributed by atoms with Crippen molar-refractivity contribution in [1.29, 1.82) is 0 Å². The molecule has 3 aromatic heterocycles. The van der Waals surface area contributed by atoms with Crippen molar-refractivity contribution in [2.45, 2.75) is 24.8 Å². The van der Waals surface area contributed by atoms with Crippen LogP contribution in [0.25, 0.3) is 28.1 Å². The summed E-state index contributed by atoms with van der Waals surface area (Å²) in [6, 6.07) is 15.1. The van der Waals surface area contributed by atoms with Gasteiger partial charge in [-0.15, -0.1) is 5.10 Å². The topological polar surface area (TPSA) is 106 Å². The van der Waals surface area contributed by atoms with Crippen LogP contribution in [-0.4, -0.2) is 34.7 Å². The van der Waals surface area contributed by atoms with Crippen molar-refractivity contribution in [1.82, 2.24) is 34.7 Å². The lowest BCUT2D eigenvalue weighted by molar-refractivity contribution is 0.515. The highest BCUT2D eigenvalue weighted by molar-refractivity contribution is 6.32. The zero-order chi connectivity index (χ0) is 26.4. The molecule has 1 saturated carbocycles. The Bertz CT molecular complexity index is 1890. The number of tetrazole rings is 1. The van der Waals surface area contributed by atoms with Crippen LogP contribution >= 0.6 is 23.2 Å². The van der Waals surface area contributed by atoms with Crippen molar-refractivity contribution >= 4 is 28.9 Å². The minimum Gasteiger partial charge on any atom is -0.359 e. The highest BCUT2D eigenvalue weighted by atomic mass is 35.5. The number of hydrogen-bond acceptors (Lipinski definition) is 6. The summed E-state index contributed by atoms with van der Waals surface area (Å²) in [6.45, 7) is 4.03. The van der Waals surface area contributed by atoms with Gasteiger partial charge < -0.3 is 14.9 Å². The number of allylic oxidation sites excluding steroid dienone is 1. The zero-order valence-electron chi connectivity index (χ0n) is 20.4. The lowest BCUT2D eigenvalue weighted by Crippen LogP contribution is -2.26. The van der Waals surface area contributed by atoms with Crippen LogP contribution in [0.1, 0.15) is 35.5 Å². The molecule has 3 aliphatic rings. The Hall–Kier alpha value is -4.21. The van der Waals surface area contributed by atoms with Crippen molar-refractivity contribution in [3.8, 4) is 28.1 Å². The Morgan fingerprint density at radius 2 is 1.95 bits per heavy atom. The molecule has 2 N–H and O–H groups in total. The van der Waals surface area contributed by atoms with Crippen LogP contribution in [0.5, 0.6) is 0 Å². The molecule has 0 bridgehead atoms. The first kappa shape index (κ1) is 22.7. The van der Waals surface area contributed by atoms with Crippen LogP contribution in [0.3, 0.4) is 0 Å². The second kappa shape index (κ2) is 8.14. The highest BCUT2D eigenvalue weighted by Crippen LogP contribution is 2.60. The third-order valence-corrected chi connectivity index (χ3v) is 8.43. The minimum atomic E-state index is -0.202. The summed E-state index contributed by atoms with van der Waals surface area (Å²) in [5.74, 6) is 1.27. The molecule has 0 saturated heterocycles. The zero-order valence-corrected chi connectivity index (χ0v) is 21.9. The number of aromatic amines is 1. The van der Waals surface area contributed by atoms with Crippen LogP contribution < -0.4 is 10.9 Å². The van der Waals surface area contributed by atoms with Crippen molar-refractivity contribution in [3.05, 3.63) is 105 Å². The maximum Gasteiger partial charge on any atom is 0.252 e. The molecule has 3 atom stereocenters. The van der Waals surface area contributed by atoms with E-state index in [1.807, 2.05) is 28.8 Å². The van der Waals surface area contributed by atoms with Crippen LogP contribution in [-0.2, 0) is 6.42 Å². The molecular formula is C28H20Cl2N8O. The van der Waals surface area contributed by atoms with Gasteiger partial charge in [-0.2, -0.15) is 4.68 Å². The SMILES string of the molecule is C=C1Cc2cc(-c3nc(C4C5CC5c5cc(-c6cc(Cl)ccc6-n6cnnn6)cc(=O)n54)[nH]c3Cl)ccc2N1. The summed E-state index contributed by atoms with van der Waals surface area (Å²) >= 11 is 13.0. The number of aromatic nitrogens is 7. The molecule has 5 heterocycles. The second-order valence-electron chi connectivity index (χ2n) is 10.3. The van der Waals surface area contributed by atoms with Crippen molar-refractivity contribution in [2.24, 2.45) is 5.92 Å². The third kappa shape index (κ3) is 3.50. The van der Waals surface area contributed by atoms with E-state index in [4.69, 9.17) is 28.2 Å². The van der Waals surface area contributed by atoms with Gasteiger partial charge in [-0.3, -0.25) is 4.79 Å². The summed E-state index contributed by atoms with van der Waals surface area (Å²) in [7, 11) is 0. The van der Waals surface area contributed by atoms with Crippen LogP contribution in [0, 0.1) is 5.92 Å². The molecule has 39 heavy (non-hydrogen) atoms. The molecular weight excluding hydrogens is 535 g/mol. The fourth-order valence-corrected chi connectivity index (χ4v) is 6.56. The predicted molar refractivity (Wildman–Crippen MR) is 148 cm³/mol. The maximum atomic E-state index is 13.7. The first-order chi connectivity index (χ1) is 18.9. The van der Waals surface area contributed by atoms with Gasteiger partial charge in [0.1, 0.15) is 23.0 Å². The number of fused-ring (bicyclic) bond motifs is 4. The molecule has 0 spiro atoms. The van der Waals surface area contributed by atoms with E-state index >= 15 is 0 Å². The predicted octanol–water partition coefficient (Wildman–Crippen LogP) is 5.38. The van der Waals surface area contributed by atoms with Crippen molar-refractivity contribution < 1.29 is 0 Å². The van der Waals surface area contributed by atoms with Crippen LogP contribution in [0.15, 0.2) is 71.9 Å². The van der Waals surface area contributed by atoms with Gasteiger partial charge in [-0.25, -0.2) is 4.98 Å². The van der Waals surface area contributed by atoms with E-state index < -0.39 is 0 Å². The van der Waals surface area contributed by atoms with Crippen molar-refractivity contribution in [2.75, 3.05) is 5.32 Å². The number of imidazole rings is 1. The average Bonchev–Trinajstić information content (AvgIpc) is 3.29. The fraction of sp³-hybridized carbons (Fsp3) is 0.179. The standard InChI is InChI=1S/C28H20Cl2N8O/c1-13-6-16-7-14(2-4-21(16)32-13)25-27(30)34-28(33-25)26-20-11-19(20)23-8-15(9-24(39)38(23)26)18-10-17(29)3-5-22(18)37-12-31-35-36-37/h2-5,7-10,12,19-20,26,32H,1,6,11H2,(H,33,34). The Labute approximate surface area is 232 Å². The van der Waals surface area contributed by atoms with E-state index in [1.165, 1.54) is 6.33 Å². The normalized spacial score (nSPS) is 20.5. The number of pyridine rings is 1. The number of benzene rings is 2. The Morgan fingerprint density at radius 3 is 2.79 bits per heavy atom. The quantitative estimate of drug-likeness (QED) is 0.309. The fourth-order valence-electron chi connectivity index (χ4n) is 6.14. The van der Waals surface area contributed by atoms with E-state index in [1.54, 1.807) is 16.8 Å². The molecule has 1 aliphatic carbocycles. The van der Waals surface area contributed by atoms with Gasteiger partial charge in [0.15, 0.2) is 0 Å². The summed E-state index contributed by atoms with van der Waals surface area (Å²) in [5.41, 5.74) is 8.01. The number of nitrogens with one attached hydrogen (secondary N) is 2. The monoisotopic (exact) mass is 554 g/mol. The first-order valence-corrected chi connectivity index (χ1v) is 13.3. The maximum absolute atomic E-state index is 13.7. The number of nitrogens with zero attached hydrogens (tertiary/aromatic N) is 6. The number of anilines is 1. The van der Waals surface area contributed by atoms with Crippen LogP contribution in [0.2, 0.25) is 10.2 Å². The molecule has 192 valence electrons. The molecule has 3 unspecified atom stereocenters. The highest BCUT2D eigenvalue weighted by Gasteiger charge is 2.54. The van der Waals surface area contributed by atoms with Gasteiger partial charge in [0.05, 0.1) is 11.7 Å². The lowest BCUT2D eigenvalue weighted by Gasteiger charge is -2.17. The average molecular weight is 555 g/mol. The largest absolute Gasteiger partial charge is 0.359 e. The van der Waals surface area contributed by atoms with Crippen LogP contribution in [0.4, 0.5) is 5.69 Å². The number of hydrogen-bond donors (Lipinski definition) is 2. The molecule has 9 nitrogen and oxygen atoms in total. The molecule has 1 fully saturated rings. The Balaban J connectivity index is 1.20. The minimum absolute atomic E-state index is 0.0986. The molecule has 11 heteroatoms. The van der Waals surface area contributed by atoms with Gasteiger partial charge in [-0.1, -0.05) is 35.8 Å². The first-order valence-electron chi connectivity index (χ1n) is 12.6. The molecule has 0 radical (unpaired) electrons. The molecule has 2 aliphatic heterocycles. The Kier molecular flexibility index (Phi) is 4.75. The van der Waals surface area contributed by atoms with Gasteiger partial charge in [-0.05, 0) is 70.3 Å². The van der Waals surface area contributed by atoms with E-state index in [0.29, 0.717) is 21.7 Å². The van der Waals surface area contributed by atoms with Gasteiger partial charge in [0.25, 0.3) is 5.56 Å². The summed E-state index contributed by atoms with van der Waals surface area (Å²) in [6.07, 6.45) is 3.28. The number of halogens is 2. The molecule has 5 aromatic rings. The summed E-state index contributed by atoms with van der Waals surface area (Å²) < 4.78 is 3.43. The second-order valence-corrected chi connectivity index (χ2v) is 11.1. The van der Waals surface area contributed by atoms with E-state index in [9.17, 15) is 4.79 Å². The number of rotatable bonds is 4. The lowest BCUT2D eigenvalue weighted by atomic mass is 10.0. The molecule has 2 aromatic carbocycles. The number of H-pyrrole nitrogens is 1. The van der Waals surface area contributed by atoms with Gasteiger partial charge in [0.2, 0.25) is 0 Å². The third-order valence-electron chi connectivity index (χ3n) is 7.92. The van der Waals surface area contributed by atoms with Gasteiger partial charge in [0, 0.05) is 51.6 Å². The summed E-state index contributed by atoms with van der Waals surface area (Å²) in [5, 5.41) is 15.8.